The van der Waals surface area contributed by atoms with Crippen LogP contribution in [0, 0.1) is 12.8 Å². The van der Waals surface area contributed by atoms with E-state index >= 15 is 0 Å². The molecule has 4 rings (SSSR count). The van der Waals surface area contributed by atoms with E-state index in [4.69, 9.17) is 5.73 Å². The third-order valence-electron chi connectivity index (χ3n) is 6.53. The van der Waals surface area contributed by atoms with Crippen LogP contribution in [0.2, 0.25) is 0 Å². The van der Waals surface area contributed by atoms with Crippen LogP contribution in [0.4, 0.5) is 0 Å². The van der Waals surface area contributed by atoms with Crippen LogP contribution < -0.4 is 5.73 Å². The maximum absolute atomic E-state index is 9.53. The molecule has 0 spiro atoms. The van der Waals surface area contributed by atoms with Gasteiger partial charge in [-0.15, -0.1) is 0 Å². The maximum Gasteiger partial charge on any atom is 0.0611 e. The van der Waals surface area contributed by atoms with Gasteiger partial charge in [-0.2, -0.15) is 0 Å². The molecule has 2 aliphatic rings. The number of aliphatic hydroxyl groups excluding tert-OH is 1. The minimum absolute atomic E-state index is 0.101. The number of aryl methyl sites for hydroxylation is 2. The highest BCUT2D eigenvalue weighted by molar-refractivity contribution is 5.51. The second-order valence-electron chi connectivity index (χ2n) is 8.76. The van der Waals surface area contributed by atoms with E-state index in [9.17, 15) is 5.11 Å². The summed E-state index contributed by atoms with van der Waals surface area (Å²) in [6, 6.07) is 15.8. The van der Waals surface area contributed by atoms with Crippen LogP contribution in [0.5, 0.6) is 0 Å². The second-order valence-corrected chi connectivity index (χ2v) is 8.76. The third kappa shape index (κ3) is 4.17. The van der Waals surface area contributed by atoms with Crippen LogP contribution in [0.25, 0.3) is 6.08 Å². The number of allylic oxidation sites excluding steroid dienone is 1. The van der Waals surface area contributed by atoms with Crippen molar-refractivity contribution in [2.45, 2.75) is 56.9 Å². The number of nitrogens with two attached hydrogens (primary N) is 1. The number of fused-ring (bicyclic) bond motifs is 1. The van der Waals surface area contributed by atoms with E-state index in [1.807, 2.05) is 0 Å². The molecule has 1 fully saturated rings. The summed E-state index contributed by atoms with van der Waals surface area (Å²) in [5.41, 5.74) is 13.0. The summed E-state index contributed by atoms with van der Waals surface area (Å²) in [7, 11) is 0. The molecule has 0 aliphatic heterocycles. The lowest BCUT2D eigenvalue weighted by Crippen LogP contribution is -2.40. The summed E-state index contributed by atoms with van der Waals surface area (Å²) in [6.07, 6.45) is 11.1. The van der Waals surface area contributed by atoms with Crippen molar-refractivity contribution in [2.75, 3.05) is 6.61 Å². The van der Waals surface area contributed by atoms with Crippen molar-refractivity contribution in [1.82, 2.24) is 0 Å². The summed E-state index contributed by atoms with van der Waals surface area (Å²) < 4.78 is 0. The molecule has 2 aromatic carbocycles. The van der Waals surface area contributed by atoms with Crippen molar-refractivity contribution in [1.29, 1.82) is 0 Å². The first-order chi connectivity index (χ1) is 13.0. The molecule has 0 aromatic heterocycles. The number of aliphatic hydroxyl groups is 1. The molecule has 0 saturated heterocycles. The van der Waals surface area contributed by atoms with Gasteiger partial charge in [-0.25, -0.2) is 0 Å². The van der Waals surface area contributed by atoms with Gasteiger partial charge in [0.2, 0.25) is 0 Å². The minimum Gasteiger partial charge on any atom is -0.394 e. The number of hydrogen-bond acceptors (Lipinski definition) is 2. The molecular weight excluding hydrogens is 330 g/mol. The van der Waals surface area contributed by atoms with E-state index in [1.165, 1.54) is 34.2 Å². The Morgan fingerprint density at radius 3 is 2.81 bits per heavy atom. The maximum atomic E-state index is 9.53. The fourth-order valence-corrected chi connectivity index (χ4v) is 4.83. The Bertz CT molecular complexity index is 840. The van der Waals surface area contributed by atoms with E-state index in [0.29, 0.717) is 11.8 Å². The monoisotopic (exact) mass is 361 g/mol. The van der Waals surface area contributed by atoms with Gasteiger partial charge in [-0.05, 0) is 79.5 Å². The second kappa shape index (κ2) is 7.61. The van der Waals surface area contributed by atoms with Crippen LogP contribution in [-0.2, 0) is 12.8 Å². The first-order valence-corrected chi connectivity index (χ1v) is 10.3. The molecule has 2 aliphatic carbocycles. The van der Waals surface area contributed by atoms with Crippen molar-refractivity contribution in [3.8, 4) is 0 Å². The lowest BCUT2D eigenvalue weighted by Gasteiger charge is -2.25. The van der Waals surface area contributed by atoms with Crippen LogP contribution in [0.15, 0.2) is 48.5 Å². The Kier molecular flexibility index (Phi) is 5.21. The average Bonchev–Trinajstić information content (AvgIpc) is 3.09. The molecule has 0 amide bonds. The molecule has 1 saturated carbocycles. The van der Waals surface area contributed by atoms with Crippen LogP contribution in [0.1, 0.15) is 59.4 Å². The molecule has 2 nitrogen and oxygen atoms in total. The average molecular weight is 362 g/mol. The molecule has 1 unspecified atom stereocenters. The lowest BCUT2D eigenvalue weighted by atomic mass is 9.81. The van der Waals surface area contributed by atoms with E-state index in [-0.39, 0.29) is 12.1 Å². The van der Waals surface area contributed by atoms with Gasteiger partial charge < -0.3 is 10.8 Å². The quantitative estimate of drug-likeness (QED) is 0.824. The molecule has 2 aromatic rings. The smallest absolute Gasteiger partial charge is 0.0611 e. The summed E-state index contributed by atoms with van der Waals surface area (Å²) in [4.78, 5) is 0. The third-order valence-corrected chi connectivity index (χ3v) is 6.53. The van der Waals surface area contributed by atoms with Crippen LogP contribution in [0.3, 0.4) is 0 Å². The highest BCUT2D eigenvalue weighted by atomic mass is 16.3. The van der Waals surface area contributed by atoms with Gasteiger partial charge in [0.25, 0.3) is 0 Å². The standard InChI is InChI=1S/C25H31NO/c1-18-3-2-4-19(13-18)5-6-20-7-8-22-15-23(10-9-21(22)14-20)24-11-12-25(26,16-24)17-27/h2-6,9-10,13,15,20,24,27H,7-8,11-12,14,16-17,26H2,1H3/b6-5+/t20?,24-,25+/m0/s1. The summed E-state index contributed by atoms with van der Waals surface area (Å²) >= 11 is 0. The Morgan fingerprint density at radius 2 is 2.04 bits per heavy atom. The fourth-order valence-electron chi connectivity index (χ4n) is 4.83. The Morgan fingerprint density at radius 1 is 1.15 bits per heavy atom. The van der Waals surface area contributed by atoms with Crippen molar-refractivity contribution in [3.05, 3.63) is 76.4 Å². The van der Waals surface area contributed by atoms with Crippen molar-refractivity contribution in [2.24, 2.45) is 11.7 Å². The molecule has 142 valence electrons. The number of rotatable bonds is 4. The Balaban J connectivity index is 1.44. The van der Waals surface area contributed by atoms with Gasteiger partial charge in [0.1, 0.15) is 0 Å². The van der Waals surface area contributed by atoms with Gasteiger partial charge in [-0.1, -0.05) is 60.2 Å². The zero-order valence-electron chi connectivity index (χ0n) is 16.3. The highest BCUT2D eigenvalue weighted by Gasteiger charge is 2.36. The molecule has 0 radical (unpaired) electrons. The van der Waals surface area contributed by atoms with E-state index in [1.54, 1.807) is 0 Å². The predicted octanol–water partition coefficient (Wildman–Crippen LogP) is 4.77. The molecule has 27 heavy (non-hydrogen) atoms. The molecule has 0 heterocycles. The van der Waals surface area contributed by atoms with Crippen molar-refractivity contribution >= 4 is 6.08 Å². The van der Waals surface area contributed by atoms with Crippen LogP contribution in [-0.4, -0.2) is 17.3 Å². The predicted molar refractivity (Wildman–Crippen MR) is 113 cm³/mol. The largest absolute Gasteiger partial charge is 0.394 e. The summed E-state index contributed by atoms with van der Waals surface area (Å²) in [6.45, 7) is 2.24. The normalized spacial score (nSPS) is 27.8. The fraction of sp³-hybridized carbons (Fsp3) is 0.440. The first kappa shape index (κ1) is 18.5. The minimum atomic E-state index is -0.369. The number of benzene rings is 2. The zero-order chi connectivity index (χ0) is 18.9. The summed E-state index contributed by atoms with van der Waals surface area (Å²) in [5.74, 6) is 1.13. The van der Waals surface area contributed by atoms with Gasteiger partial charge in [-0.3, -0.25) is 0 Å². The van der Waals surface area contributed by atoms with Crippen LogP contribution >= 0.6 is 0 Å². The highest BCUT2D eigenvalue weighted by Crippen LogP contribution is 2.40. The molecule has 2 heteroatoms. The number of hydrogen-bond donors (Lipinski definition) is 2. The van der Waals surface area contributed by atoms with Gasteiger partial charge >= 0.3 is 0 Å². The van der Waals surface area contributed by atoms with Gasteiger partial charge in [0, 0.05) is 5.54 Å². The lowest BCUT2D eigenvalue weighted by molar-refractivity contribution is 0.198. The van der Waals surface area contributed by atoms with Crippen molar-refractivity contribution in [3.63, 3.8) is 0 Å². The SMILES string of the molecule is Cc1cccc(/C=C/C2CCc3cc([C@H]4CC[C@](N)(CO)C4)ccc3C2)c1. The molecule has 3 atom stereocenters. The molecule has 0 bridgehead atoms. The first-order valence-electron chi connectivity index (χ1n) is 10.3. The molecule has 3 N–H and O–H groups in total. The van der Waals surface area contributed by atoms with E-state index in [2.05, 4.69) is 61.5 Å². The van der Waals surface area contributed by atoms with Crippen molar-refractivity contribution < 1.29 is 5.11 Å². The molecular formula is C25H31NO. The zero-order valence-corrected chi connectivity index (χ0v) is 16.3. The Labute approximate surface area is 163 Å². The van der Waals surface area contributed by atoms with Gasteiger partial charge in [0.15, 0.2) is 0 Å². The Hall–Kier alpha value is -1.90. The van der Waals surface area contributed by atoms with E-state index < -0.39 is 0 Å². The van der Waals surface area contributed by atoms with E-state index in [0.717, 1.165) is 32.1 Å². The summed E-state index contributed by atoms with van der Waals surface area (Å²) in [5, 5.41) is 9.53. The van der Waals surface area contributed by atoms with Gasteiger partial charge in [0.05, 0.1) is 6.61 Å². The topological polar surface area (TPSA) is 46.2 Å².